The van der Waals surface area contributed by atoms with E-state index in [1.54, 1.807) is 0 Å². The lowest BCUT2D eigenvalue weighted by Gasteiger charge is -2.33. The molecule has 3 nitrogen and oxygen atoms in total. The van der Waals surface area contributed by atoms with Crippen molar-refractivity contribution in [3.8, 4) is 0 Å². The van der Waals surface area contributed by atoms with Crippen LogP contribution in [0.25, 0.3) is 0 Å². The third-order valence-corrected chi connectivity index (χ3v) is 4.17. The number of carbonyl (C=O) groups excluding carboxylic acids is 1. The van der Waals surface area contributed by atoms with Crippen LogP contribution in [0.4, 0.5) is 0 Å². The topological polar surface area (TPSA) is 41.1 Å². The minimum absolute atomic E-state index is 0.0980. The van der Waals surface area contributed by atoms with E-state index in [0.717, 1.165) is 24.9 Å². The van der Waals surface area contributed by atoms with Crippen molar-refractivity contribution in [1.29, 1.82) is 0 Å². The second-order valence-electron chi connectivity index (χ2n) is 5.82. The summed E-state index contributed by atoms with van der Waals surface area (Å²) in [7, 11) is 0. The van der Waals surface area contributed by atoms with E-state index in [9.17, 15) is 4.79 Å². The van der Waals surface area contributed by atoms with Crippen LogP contribution in [-0.4, -0.2) is 18.5 Å². The van der Waals surface area contributed by atoms with Gasteiger partial charge in [-0.1, -0.05) is 60.7 Å². The summed E-state index contributed by atoms with van der Waals surface area (Å²) in [6, 6.07) is 20.6. The highest BCUT2D eigenvalue weighted by Crippen LogP contribution is 2.23. The molecule has 1 aliphatic heterocycles. The average molecular weight is 294 g/mol. The van der Waals surface area contributed by atoms with Gasteiger partial charge in [0.15, 0.2) is 0 Å². The fraction of sp³-hybridized carbons (Fsp3) is 0.316. The monoisotopic (exact) mass is 294 g/mol. The van der Waals surface area contributed by atoms with Crippen molar-refractivity contribution in [2.75, 3.05) is 6.54 Å². The molecule has 2 atom stereocenters. The Labute approximate surface area is 131 Å². The van der Waals surface area contributed by atoms with Crippen LogP contribution in [0.15, 0.2) is 60.7 Å². The molecule has 0 aromatic heterocycles. The SMILES string of the molecule is O=C(Cc1ccccc1)N[C@H]1CCCN[C@H]1c1ccccc1. The molecule has 0 aliphatic carbocycles. The summed E-state index contributed by atoms with van der Waals surface area (Å²) in [5.74, 6) is 0.0980. The summed E-state index contributed by atoms with van der Waals surface area (Å²) in [5, 5.41) is 6.75. The first-order valence-electron chi connectivity index (χ1n) is 7.94. The van der Waals surface area contributed by atoms with Gasteiger partial charge in [-0.3, -0.25) is 4.79 Å². The molecule has 2 N–H and O–H groups in total. The first-order valence-corrected chi connectivity index (χ1v) is 7.94. The van der Waals surface area contributed by atoms with E-state index < -0.39 is 0 Å². The summed E-state index contributed by atoms with van der Waals surface area (Å²) in [4.78, 5) is 12.3. The van der Waals surface area contributed by atoms with Crippen molar-refractivity contribution in [2.24, 2.45) is 0 Å². The van der Waals surface area contributed by atoms with E-state index >= 15 is 0 Å². The average Bonchev–Trinajstić information content (AvgIpc) is 2.57. The largest absolute Gasteiger partial charge is 0.351 e. The summed E-state index contributed by atoms with van der Waals surface area (Å²) >= 11 is 0. The fourth-order valence-electron chi connectivity index (χ4n) is 3.09. The van der Waals surface area contributed by atoms with E-state index in [-0.39, 0.29) is 18.0 Å². The van der Waals surface area contributed by atoms with Crippen molar-refractivity contribution in [1.82, 2.24) is 10.6 Å². The molecule has 114 valence electrons. The highest BCUT2D eigenvalue weighted by molar-refractivity contribution is 5.79. The summed E-state index contributed by atoms with van der Waals surface area (Å²) in [6.07, 6.45) is 2.56. The van der Waals surface area contributed by atoms with Crippen molar-refractivity contribution in [2.45, 2.75) is 31.3 Å². The predicted octanol–water partition coefficient (Wildman–Crippen LogP) is 2.84. The van der Waals surface area contributed by atoms with Crippen LogP contribution in [0.3, 0.4) is 0 Å². The van der Waals surface area contributed by atoms with Crippen LogP contribution in [-0.2, 0) is 11.2 Å². The maximum atomic E-state index is 12.3. The van der Waals surface area contributed by atoms with E-state index in [2.05, 4.69) is 34.9 Å². The third kappa shape index (κ3) is 3.74. The summed E-state index contributed by atoms with van der Waals surface area (Å²) in [5.41, 5.74) is 2.30. The molecule has 1 saturated heterocycles. The Morgan fingerprint density at radius 3 is 2.45 bits per heavy atom. The van der Waals surface area contributed by atoms with Crippen LogP contribution < -0.4 is 10.6 Å². The summed E-state index contributed by atoms with van der Waals surface area (Å²) < 4.78 is 0. The van der Waals surface area contributed by atoms with Gasteiger partial charge in [0.05, 0.1) is 12.5 Å². The molecule has 1 fully saturated rings. The lowest BCUT2D eigenvalue weighted by atomic mass is 9.92. The van der Waals surface area contributed by atoms with Crippen LogP contribution in [0.5, 0.6) is 0 Å². The second-order valence-corrected chi connectivity index (χ2v) is 5.82. The van der Waals surface area contributed by atoms with Gasteiger partial charge in [-0.15, -0.1) is 0 Å². The minimum atomic E-state index is 0.0980. The maximum absolute atomic E-state index is 12.3. The summed E-state index contributed by atoms with van der Waals surface area (Å²) in [6.45, 7) is 1.00. The number of hydrogen-bond donors (Lipinski definition) is 2. The molecule has 22 heavy (non-hydrogen) atoms. The van der Waals surface area contributed by atoms with E-state index in [0.29, 0.717) is 6.42 Å². The molecule has 0 spiro atoms. The molecule has 0 saturated carbocycles. The molecular formula is C19H22N2O. The Kier molecular flexibility index (Phi) is 4.86. The van der Waals surface area contributed by atoms with Gasteiger partial charge < -0.3 is 10.6 Å². The number of amides is 1. The smallest absolute Gasteiger partial charge is 0.224 e. The van der Waals surface area contributed by atoms with Gasteiger partial charge in [-0.05, 0) is 30.5 Å². The molecule has 0 radical (unpaired) electrons. The molecule has 0 unspecified atom stereocenters. The van der Waals surface area contributed by atoms with Gasteiger partial charge in [0, 0.05) is 6.04 Å². The first-order chi connectivity index (χ1) is 10.8. The quantitative estimate of drug-likeness (QED) is 0.910. The Bertz CT molecular complexity index is 597. The van der Waals surface area contributed by atoms with E-state index in [1.807, 2.05) is 36.4 Å². The Morgan fingerprint density at radius 1 is 1.05 bits per heavy atom. The zero-order chi connectivity index (χ0) is 15.2. The standard InChI is InChI=1S/C19H22N2O/c22-18(14-15-8-3-1-4-9-15)21-17-12-7-13-20-19(17)16-10-5-2-6-11-16/h1-6,8-11,17,19-20H,7,12-14H2,(H,21,22)/t17-,19-/m0/s1. The van der Waals surface area contributed by atoms with Crippen molar-refractivity contribution >= 4 is 5.91 Å². The molecule has 2 aromatic carbocycles. The van der Waals surface area contributed by atoms with Crippen molar-refractivity contribution in [3.63, 3.8) is 0 Å². The highest BCUT2D eigenvalue weighted by atomic mass is 16.1. The zero-order valence-electron chi connectivity index (χ0n) is 12.7. The molecule has 0 bridgehead atoms. The number of rotatable bonds is 4. The van der Waals surface area contributed by atoms with E-state index in [4.69, 9.17) is 0 Å². The molecular weight excluding hydrogens is 272 g/mol. The van der Waals surface area contributed by atoms with Crippen LogP contribution in [0.2, 0.25) is 0 Å². The number of carbonyl (C=O) groups is 1. The van der Waals surface area contributed by atoms with Crippen LogP contribution in [0, 0.1) is 0 Å². The lowest BCUT2D eigenvalue weighted by molar-refractivity contribution is -0.121. The second kappa shape index (κ2) is 7.23. The number of benzene rings is 2. The molecule has 1 amide bonds. The van der Waals surface area contributed by atoms with Gasteiger partial charge in [-0.25, -0.2) is 0 Å². The van der Waals surface area contributed by atoms with Gasteiger partial charge in [0.1, 0.15) is 0 Å². The molecule has 3 rings (SSSR count). The Balaban J connectivity index is 1.65. The fourth-order valence-corrected chi connectivity index (χ4v) is 3.09. The Hall–Kier alpha value is -2.13. The molecule has 1 aliphatic rings. The lowest BCUT2D eigenvalue weighted by Crippen LogP contribution is -2.48. The van der Waals surface area contributed by atoms with Gasteiger partial charge in [0.2, 0.25) is 5.91 Å². The highest BCUT2D eigenvalue weighted by Gasteiger charge is 2.27. The van der Waals surface area contributed by atoms with Crippen molar-refractivity contribution in [3.05, 3.63) is 71.8 Å². The van der Waals surface area contributed by atoms with Crippen LogP contribution in [0.1, 0.15) is 30.0 Å². The van der Waals surface area contributed by atoms with Gasteiger partial charge >= 0.3 is 0 Å². The Morgan fingerprint density at radius 2 is 1.73 bits per heavy atom. The first kappa shape index (κ1) is 14.8. The maximum Gasteiger partial charge on any atom is 0.224 e. The van der Waals surface area contributed by atoms with Gasteiger partial charge in [0.25, 0.3) is 0 Å². The normalized spacial score (nSPS) is 21.3. The third-order valence-electron chi connectivity index (χ3n) is 4.17. The molecule has 3 heteroatoms. The van der Waals surface area contributed by atoms with Crippen LogP contribution >= 0.6 is 0 Å². The number of nitrogens with one attached hydrogen (secondary N) is 2. The van der Waals surface area contributed by atoms with E-state index in [1.165, 1.54) is 5.56 Å². The molecule has 2 aromatic rings. The number of hydrogen-bond acceptors (Lipinski definition) is 2. The minimum Gasteiger partial charge on any atom is -0.351 e. The molecule has 1 heterocycles. The number of piperidine rings is 1. The predicted molar refractivity (Wildman–Crippen MR) is 88.5 cm³/mol. The zero-order valence-corrected chi connectivity index (χ0v) is 12.7. The van der Waals surface area contributed by atoms with Gasteiger partial charge in [-0.2, -0.15) is 0 Å². The van der Waals surface area contributed by atoms with Crippen molar-refractivity contribution < 1.29 is 4.79 Å².